The summed E-state index contributed by atoms with van der Waals surface area (Å²) in [6, 6.07) is 4.94. The van der Waals surface area contributed by atoms with Crippen molar-refractivity contribution in [3.63, 3.8) is 0 Å². The maximum atomic E-state index is 11.7. The second-order valence-corrected chi connectivity index (χ2v) is 5.40. The molecule has 3 N–H and O–H groups in total. The van der Waals surface area contributed by atoms with Crippen LogP contribution in [0.15, 0.2) is 18.2 Å². The molecule has 0 aliphatic rings. The minimum Gasteiger partial charge on any atom is -0.493 e. The second kappa shape index (κ2) is 9.74. The summed E-state index contributed by atoms with van der Waals surface area (Å²) in [7, 11) is 6.74. The van der Waals surface area contributed by atoms with E-state index in [0.29, 0.717) is 30.2 Å². The monoisotopic (exact) mass is 339 g/mol. The van der Waals surface area contributed by atoms with E-state index in [-0.39, 0.29) is 6.54 Å². The highest BCUT2D eigenvalue weighted by Gasteiger charge is 2.16. The van der Waals surface area contributed by atoms with Gasteiger partial charge in [-0.3, -0.25) is 9.59 Å². The van der Waals surface area contributed by atoms with Gasteiger partial charge < -0.3 is 30.1 Å². The van der Waals surface area contributed by atoms with E-state index in [2.05, 4.69) is 10.6 Å². The van der Waals surface area contributed by atoms with Gasteiger partial charge in [-0.25, -0.2) is 0 Å². The molecule has 1 rings (SSSR count). The van der Waals surface area contributed by atoms with Crippen LogP contribution in [0.2, 0.25) is 0 Å². The van der Waals surface area contributed by atoms with Gasteiger partial charge in [-0.05, 0) is 31.8 Å². The van der Waals surface area contributed by atoms with Crippen LogP contribution in [0.1, 0.15) is 11.7 Å². The Morgan fingerprint density at radius 1 is 1.12 bits per heavy atom. The maximum absolute atomic E-state index is 11.7. The van der Waals surface area contributed by atoms with Crippen LogP contribution < -0.4 is 20.1 Å². The summed E-state index contributed by atoms with van der Waals surface area (Å²) in [6.45, 7) is 0.917. The van der Waals surface area contributed by atoms with Crippen molar-refractivity contribution in [1.82, 2.24) is 15.5 Å². The number of nitrogens with one attached hydrogen (secondary N) is 2. The van der Waals surface area contributed by atoms with E-state index in [9.17, 15) is 14.7 Å². The fraction of sp³-hybridized carbons (Fsp3) is 0.500. The van der Waals surface area contributed by atoms with E-state index >= 15 is 0 Å². The highest BCUT2D eigenvalue weighted by atomic mass is 16.5. The first kappa shape index (κ1) is 19.7. The van der Waals surface area contributed by atoms with Gasteiger partial charge in [0.05, 0.1) is 20.3 Å². The number of hydrogen-bond acceptors (Lipinski definition) is 6. The number of likely N-dealkylation sites (N-methyl/N-ethyl adjacent to an activating group) is 1. The lowest BCUT2D eigenvalue weighted by molar-refractivity contribution is -0.139. The third-order valence-corrected chi connectivity index (χ3v) is 3.30. The van der Waals surface area contributed by atoms with Crippen LogP contribution in [0.4, 0.5) is 0 Å². The first-order chi connectivity index (χ1) is 11.4. The summed E-state index contributed by atoms with van der Waals surface area (Å²) >= 11 is 0. The lowest BCUT2D eigenvalue weighted by Gasteiger charge is -2.15. The molecular weight excluding hydrogens is 314 g/mol. The number of methoxy groups -OCH3 is 2. The smallest absolute Gasteiger partial charge is 0.309 e. The Morgan fingerprint density at radius 3 is 2.33 bits per heavy atom. The van der Waals surface area contributed by atoms with Gasteiger partial charge in [0, 0.05) is 19.6 Å². The number of aliphatic hydroxyl groups excluding tert-OH is 1. The average molecular weight is 339 g/mol. The largest absolute Gasteiger partial charge is 0.493 e. The zero-order chi connectivity index (χ0) is 18.1. The summed E-state index contributed by atoms with van der Waals surface area (Å²) in [6.07, 6.45) is -0.969. The van der Waals surface area contributed by atoms with Gasteiger partial charge in [0.1, 0.15) is 0 Å². The van der Waals surface area contributed by atoms with Gasteiger partial charge in [-0.1, -0.05) is 6.07 Å². The van der Waals surface area contributed by atoms with E-state index in [1.54, 1.807) is 18.2 Å². The van der Waals surface area contributed by atoms with E-state index in [0.717, 1.165) is 0 Å². The first-order valence-electron chi connectivity index (χ1n) is 7.49. The first-order valence-corrected chi connectivity index (χ1v) is 7.49. The Bertz CT molecular complexity index is 563. The predicted molar refractivity (Wildman–Crippen MR) is 89.1 cm³/mol. The lowest BCUT2D eigenvalue weighted by atomic mass is 10.1. The SMILES string of the molecule is COc1ccc(C(O)CNC(=O)C(=O)NCCN(C)C)cc1OC. The van der Waals surface area contributed by atoms with Crippen LogP contribution in [0.3, 0.4) is 0 Å². The number of benzene rings is 1. The second-order valence-electron chi connectivity index (χ2n) is 5.40. The van der Waals surface area contributed by atoms with Crippen LogP contribution in [-0.2, 0) is 9.59 Å². The van der Waals surface area contributed by atoms with Crippen molar-refractivity contribution in [3.05, 3.63) is 23.8 Å². The maximum Gasteiger partial charge on any atom is 0.309 e. The normalized spacial score (nSPS) is 11.8. The van der Waals surface area contributed by atoms with Crippen molar-refractivity contribution in [2.45, 2.75) is 6.10 Å². The summed E-state index contributed by atoms with van der Waals surface area (Å²) < 4.78 is 10.3. The fourth-order valence-corrected chi connectivity index (χ4v) is 1.92. The topological polar surface area (TPSA) is 100 Å². The van der Waals surface area contributed by atoms with Gasteiger partial charge >= 0.3 is 11.8 Å². The van der Waals surface area contributed by atoms with E-state index in [1.807, 2.05) is 19.0 Å². The van der Waals surface area contributed by atoms with Crippen molar-refractivity contribution in [3.8, 4) is 11.5 Å². The average Bonchev–Trinajstić information content (AvgIpc) is 2.58. The molecule has 0 fully saturated rings. The molecule has 0 aromatic heterocycles. The van der Waals surface area contributed by atoms with Crippen molar-refractivity contribution < 1.29 is 24.2 Å². The molecule has 1 aromatic rings. The highest BCUT2D eigenvalue weighted by molar-refractivity contribution is 6.35. The van der Waals surface area contributed by atoms with Crippen LogP contribution in [0, 0.1) is 0 Å². The Morgan fingerprint density at radius 2 is 1.75 bits per heavy atom. The molecule has 2 amide bonds. The summed E-state index contributed by atoms with van der Waals surface area (Å²) in [5.41, 5.74) is 0.543. The number of rotatable bonds is 8. The van der Waals surface area contributed by atoms with E-state index in [1.165, 1.54) is 14.2 Å². The molecule has 1 atom stereocenters. The molecule has 0 aliphatic carbocycles. The lowest BCUT2D eigenvalue weighted by Crippen LogP contribution is -2.43. The molecule has 0 aliphatic heterocycles. The van der Waals surface area contributed by atoms with Crippen LogP contribution >= 0.6 is 0 Å². The van der Waals surface area contributed by atoms with E-state index < -0.39 is 17.9 Å². The molecule has 134 valence electrons. The Kier molecular flexibility index (Phi) is 8.00. The third-order valence-electron chi connectivity index (χ3n) is 3.30. The number of carbonyl (C=O) groups excluding carboxylic acids is 2. The Labute approximate surface area is 141 Å². The number of hydrogen-bond donors (Lipinski definition) is 3. The molecule has 0 bridgehead atoms. The van der Waals surface area contributed by atoms with Gasteiger partial charge in [-0.2, -0.15) is 0 Å². The van der Waals surface area contributed by atoms with Crippen molar-refractivity contribution in [1.29, 1.82) is 0 Å². The highest BCUT2D eigenvalue weighted by Crippen LogP contribution is 2.29. The number of ether oxygens (including phenoxy) is 2. The molecule has 0 saturated carbocycles. The van der Waals surface area contributed by atoms with Gasteiger partial charge in [0.2, 0.25) is 0 Å². The molecule has 8 heteroatoms. The molecule has 1 unspecified atom stereocenters. The van der Waals surface area contributed by atoms with Crippen LogP contribution in [-0.4, -0.2) is 69.8 Å². The number of amides is 2. The summed E-state index contributed by atoms with van der Waals surface area (Å²) in [5.74, 6) is -0.496. The molecule has 0 saturated heterocycles. The fourth-order valence-electron chi connectivity index (χ4n) is 1.92. The molecule has 1 aromatic carbocycles. The van der Waals surface area contributed by atoms with Gasteiger partial charge in [0.15, 0.2) is 11.5 Å². The minimum absolute atomic E-state index is 0.0879. The Hall–Kier alpha value is -2.32. The molecule has 24 heavy (non-hydrogen) atoms. The summed E-state index contributed by atoms with van der Waals surface area (Å²) in [5, 5.41) is 15.0. The predicted octanol–water partition coefficient (Wildman–Crippen LogP) is -0.469. The molecule has 8 nitrogen and oxygen atoms in total. The molecule has 0 spiro atoms. The zero-order valence-corrected chi connectivity index (χ0v) is 14.5. The van der Waals surface area contributed by atoms with Gasteiger partial charge in [-0.15, -0.1) is 0 Å². The van der Waals surface area contributed by atoms with Crippen molar-refractivity contribution in [2.75, 3.05) is 47.9 Å². The number of aliphatic hydroxyl groups is 1. The van der Waals surface area contributed by atoms with Gasteiger partial charge in [0.25, 0.3) is 0 Å². The number of carbonyl (C=O) groups is 2. The van der Waals surface area contributed by atoms with Crippen LogP contribution in [0.25, 0.3) is 0 Å². The minimum atomic E-state index is -0.969. The molecular formula is C16H25N3O5. The van der Waals surface area contributed by atoms with Crippen molar-refractivity contribution >= 4 is 11.8 Å². The number of nitrogens with zero attached hydrogens (tertiary/aromatic N) is 1. The van der Waals surface area contributed by atoms with Crippen LogP contribution in [0.5, 0.6) is 11.5 Å². The standard InChI is InChI=1S/C16H25N3O5/c1-19(2)8-7-17-15(21)16(22)18-10-12(20)11-5-6-13(23-3)14(9-11)24-4/h5-6,9,12,20H,7-8,10H2,1-4H3,(H,17,21)(H,18,22). The Balaban J connectivity index is 2.51. The molecule has 0 radical (unpaired) electrons. The summed E-state index contributed by atoms with van der Waals surface area (Å²) in [4.78, 5) is 25.2. The third kappa shape index (κ3) is 6.05. The van der Waals surface area contributed by atoms with Crippen molar-refractivity contribution in [2.24, 2.45) is 0 Å². The zero-order valence-electron chi connectivity index (χ0n) is 14.5. The van der Waals surface area contributed by atoms with E-state index in [4.69, 9.17) is 9.47 Å². The molecule has 0 heterocycles. The quantitative estimate of drug-likeness (QED) is 0.554.